The number of nitrogens with zero attached hydrogens (tertiary/aromatic N) is 1. The van der Waals surface area contributed by atoms with E-state index in [9.17, 15) is 4.79 Å². The lowest BCUT2D eigenvalue weighted by Crippen LogP contribution is -3.13. The first kappa shape index (κ1) is 16.3. The van der Waals surface area contributed by atoms with Crippen LogP contribution < -0.4 is 4.90 Å². The van der Waals surface area contributed by atoms with Crippen molar-refractivity contribution in [1.82, 2.24) is 4.90 Å². The van der Waals surface area contributed by atoms with E-state index in [4.69, 9.17) is 0 Å². The summed E-state index contributed by atoms with van der Waals surface area (Å²) in [6.45, 7) is 8.15. The number of piperidine rings is 2. The highest BCUT2D eigenvalue weighted by Gasteiger charge is 2.32. The molecule has 2 heterocycles. The minimum absolute atomic E-state index is 0.334. The van der Waals surface area contributed by atoms with Gasteiger partial charge in [-0.25, -0.2) is 0 Å². The summed E-state index contributed by atoms with van der Waals surface area (Å²) in [5.41, 5.74) is 0. The summed E-state index contributed by atoms with van der Waals surface area (Å²) in [5.74, 6) is 2.48. The molecule has 126 valence electrons. The molecule has 0 aromatic heterocycles. The standard InChI is InChI=1S/C19H34N2O/c1-16-6-5-11-21(14-16)19(22)18-9-12-20(13-10-18)15-17-7-3-2-4-8-17/h16-18H,2-15H2,1H3/p+1/t16-/m0/s1. The van der Waals surface area contributed by atoms with Crippen LogP contribution >= 0.6 is 0 Å². The molecule has 1 aliphatic carbocycles. The first-order chi connectivity index (χ1) is 10.7. The minimum atomic E-state index is 0.334. The van der Waals surface area contributed by atoms with Crippen LogP contribution in [0, 0.1) is 17.8 Å². The van der Waals surface area contributed by atoms with E-state index in [-0.39, 0.29) is 0 Å². The molecular weight excluding hydrogens is 272 g/mol. The number of likely N-dealkylation sites (tertiary alicyclic amines) is 2. The van der Waals surface area contributed by atoms with E-state index >= 15 is 0 Å². The maximum atomic E-state index is 12.7. The summed E-state index contributed by atoms with van der Waals surface area (Å²) < 4.78 is 0. The molecule has 3 heteroatoms. The Kier molecular flexibility index (Phi) is 5.78. The van der Waals surface area contributed by atoms with Crippen molar-refractivity contribution in [1.29, 1.82) is 0 Å². The molecule has 2 saturated heterocycles. The smallest absolute Gasteiger partial charge is 0.226 e. The number of carbonyl (C=O) groups excluding carboxylic acids is 1. The van der Waals surface area contributed by atoms with E-state index in [1.807, 2.05) is 0 Å². The van der Waals surface area contributed by atoms with Crippen LogP contribution in [0.2, 0.25) is 0 Å². The number of carbonyl (C=O) groups is 1. The Balaban J connectivity index is 1.41. The first-order valence-electron chi connectivity index (χ1n) is 9.84. The van der Waals surface area contributed by atoms with Gasteiger partial charge < -0.3 is 9.80 Å². The maximum absolute atomic E-state index is 12.7. The third-order valence-corrected chi connectivity index (χ3v) is 6.31. The molecule has 3 fully saturated rings. The van der Waals surface area contributed by atoms with Gasteiger partial charge in [-0.05, 0) is 31.6 Å². The van der Waals surface area contributed by atoms with Crippen LogP contribution in [0.5, 0.6) is 0 Å². The summed E-state index contributed by atoms with van der Waals surface area (Å²) in [7, 11) is 0. The van der Waals surface area contributed by atoms with E-state index in [0.717, 1.165) is 31.8 Å². The number of amides is 1. The van der Waals surface area contributed by atoms with Gasteiger partial charge in [-0.15, -0.1) is 0 Å². The normalized spacial score (nSPS) is 34.6. The van der Waals surface area contributed by atoms with Gasteiger partial charge in [0, 0.05) is 37.8 Å². The van der Waals surface area contributed by atoms with E-state index in [1.165, 1.54) is 64.6 Å². The van der Waals surface area contributed by atoms with E-state index in [1.54, 1.807) is 4.90 Å². The summed E-state index contributed by atoms with van der Waals surface area (Å²) in [4.78, 5) is 16.7. The van der Waals surface area contributed by atoms with Crippen LogP contribution in [-0.2, 0) is 4.79 Å². The second kappa shape index (κ2) is 7.81. The number of nitrogens with one attached hydrogen (secondary N) is 1. The molecule has 1 amide bonds. The Hall–Kier alpha value is -0.570. The molecule has 3 nitrogen and oxygen atoms in total. The minimum Gasteiger partial charge on any atom is -0.342 e. The summed E-state index contributed by atoms with van der Waals surface area (Å²) >= 11 is 0. The van der Waals surface area contributed by atoms with Crippen molar-refractivity contribution in [3.63, 3.8) is 0 Å². The van der Waals surface area contributed by atoms with Gasteiger partial charge in [0.25, 0.3) is 0 Å². The van der Waals surface area contributed by atoms with Crippen molar-refractivity contribution in [3.05, 3.63) is 0 Å². The predicted molar refractivity (Wildman–Crippen MR) is 89.8 cm³/mol. The van der Waals surface area contributed by atoms with Gasteiger partial charge in [-0.3, -0.25) is 4.79 Å². The Labute approximate surface area is 136 Å². The monoisotopic (exact) mass is 307 g/mol. The van der Waals surface area contributed by atoms with Gasteiger partial charge in [0.15, 0.2) is 0 Å². The Morgan fingerprint density at radius 2 is 1.73 bits per heavy atom. The summed E-state index contributed by atoms with van der Waals surface area (Å²) in [5, 5.41) is 0. The fourth-order valence-corrected chi connectivity index (χ4v) is 4.92. The molecule has 22 heavy (non-hydrogen) atoms. The molecule has 3 aliphatic rings. The van der Waals surface area contributed by atoms with Crippen molar-refractivity contribution < 1.29 is 9.69 Å². The summed E-state index contributed by atoms with van der Waals surface area (Å²) in [6.07, 6.45) is 12.0. The molecule has 3 rings (SSSR count). The molecule has 0 bridgehead atoms. The molecule has 0 aromatic carbocycles. The highest BCUT2D eigenvalue weighted by molar-refractivity contribution is 5.79. The zero-order valence-electron chi connectivity index (χ0n) is 14.5. The molecular formula is C19H35N2O+. The van der Waals surface area contributed by atoms with Gasteiger partial charge in [-0.1, -0.05) is 26.2 Å². The van der Waals surface area contributed by atoms with Crippen molar-refractivity contribution in [2.75, 3.05) is 32.7 Å². The van der Waals surface area contributed by atoms with E-state index < -0.39 is 0 Å². The first-order valence-corrected chi connectivity index (χ1v) is 9.84. The Morgan fingerprint density at radius 1 is 1.00 bits per heavy atom. The largest absolute Gasteiger partial charge is 0.342 e. The fourth-order valence-electron chi connectivity index (χ4n) is 4.92. The topological polar surface area (TPSA) is 24.8 Å². The third-order valence-electron chi connectivity index (χ3n) is 6.31. The lowest BCUT2D eigenvalue weighted by molar-refractivity contribution is -0.909. The average molecular weight is 308 g/mol. The molecule has 1 saturated carbocycles. The van der Waals surface area contributed by atoms with E-state index in [2.05, 4.69) is 11.8 Å². The number of quaternary nitrogens is 1. The molecule has 0 radical (unpaired) electrons. The van der Waals surface area contributed by atoms with Gasteiger partial charge in [-0.2, -0.15) is 0 Å². The Morgan fingerprint density at radius 3 is 2.41 bits per heavy atom. The van der Waals surface area contributed by atoms with Gasteiger partial charge in [0.1, 0.15) is 0 Å². The van der Waals surface area contributed by atoms with E-state index in [0.29, 0.717) is 17.7 Å². The van der Waals surface area contributed by atoms with Crippen molar-refractivity contribution in [2.24, 2.45) is 17.8 Å². The zero-order valence-corrected chi connectivity index (χ0v) is 14.5. The molecule has 1 N–H and O–H groups in total. The number of rotatable bonds is 3. The predicted octanol–water partition coefficient (Wildman–Crippen LogP) is 2.12. The Bertz CT molecular complexity index is 356. The van der Waals surface area contributed by atoms with Crippen molar-refractivity contribution in [3.8, 4) is 0 Å². The van der Waals surface area contributed by atoms with Crippen LogP contribution in [0.3, 0.4) is 0 Å². The van der Waals surface area contributed by atoms with Gasteiger partial charge in [0.05, 0.1) is 19.6 Å². The number of hydrogen-bond donors (Lipinski definition) is 1. The van der Waals surface area contributed by atoms with Gasteiger partial charge >= 0.3 is 0 Å². The van der Waals surface area contributed by atoms with Crippen LogP contribution in [-0.4, -0.2) is 43.5 Å². The van der Waals surface area contributed by atoms with Crippen molar-refractivity contribution >= 4 is 5.91 Å². The van der Waals surface area contributed by atoms with Crippen LogP contribution in [0.4, 0.5) is 0 Å². The lowest BCUT2D eigenvalue weighted by Gasteiger charge is -2.37. The van der Waals surface area contributed by atoms with Crippen LogP contribution in [0.1, 0.15) is 64.7 Å². The quantitative estimate of drug-likeness (QED) is 0.849. The molecule has 0 unspecified atom stereocenters. The van der Waals surface area contributed by atoms with Crippen LogP contribution in [0.15, 0.2) is 0 Å². The highest BCUT2D eigenvalue weighted by atomic mass is 16.2. The summed E-state index contributed by atoms with van der Waals surface area (Å²) in [6, 6.07) is 0. The second-order valence-electron chi connectivity index (χ2n) is 8.26. The molecule has 2 aliphatic heterocycles. The average Bonchev–Trinajstić information content (AvgIpc) is 2.56. The number of hydrogen-bond acceptors (Lipinski definition) is 1. The second-order valence-corrected chi connectivity index (χ2v) is 8.26. The molecule has 0 spiro atoms. The van der Waals surface area contributed by atoms with Crippen molar-refractivity contribution in [2.45, 2.75) is 64.7 Å². The lowest BCUT2D eigenvalue weighted by atomic mass is 9.87. The maximum Gasteiger partial charge on any atom is 0.226 e. The SMILES string of the molecule is C[C@H]1CCCN(C(=O)C2CC[NH+](CC3CCCCC3)CC2)C1. The zero-order chi connectivity index (χ0) is 15.4. The third kappa shape index (κ3) is 4.24. The molecule has 0 aromatic rings. The highest BCUT2D eigenvalue weighted by Crippen LogP contribution is 2.23. The molecule has 1 atom stereocenters. The fraction of sp³-hybridized carbons (Fsp3) is 0.947. The van der Waals surface area contributed by atoms with Gasteiger partial charge in [0.2, 0.25) is 5.91 Å². The van der Waals surface area contributed by atoms with Crippen LogP contribution in [0.25, 0.3) is 0 Å².